The molecule has 1 aliphatic heterocycles. The molecule has 2 unspecified atom stereocenters. The standard InChI is InChI=1S/C18H22N2S/c1-12(2)20-14(4)11-16(18-17(20)9-10-21-18)19-15-7-5-13(3)6-8-15/h5-10,14,16,19H,1,11H2,2-4H3. The van der Waals surface area contributed by atoms with Gasteiger partial charge in [0.15, 0.2) is 0 Å². The molecule has 1 aromatic heterocycles. The molecule has 2 atom stereocenters. The van der Waals surface area contributed by atoms with Crippen molar-refractivity contribution in [3.63, 3.8) is 0 Å². The van der Waals surface area contributed by atoms with E-state index in [9.17, 15) is 0 Å². The second-order valence-electron chi connectivity index (χ2n) is 5.92. The van der Waals surface area contributed by atoms with Crippen molar-refractivity contribution in [1.29, 1.82) is 0 Å². The second kappa shape index (κ2) is 5.57. The second-order valence-corrected chi connectivity index (χ2v) is 6.87. The Morgan fingerprint density at radius 3 is 2.67 bits per heavy atom. The van der Waals surface area contributed by atoms with E-state index in [-0.39, 0.29) is 0 Å². The molecule has 1 N–H and O–H groups in total. The maximum absolute atomic E-state index is 4.14. The summed E-state index contributed by atoms with van der Waals surface area (Å²) >= 11 is 1.83. The quantitative estimate of drug-likeness (QED) is 0.822. The molecule has 2 heterocycles. The van der Waals surface area contributed by atoms with E-state index >= 15 is 0 Å². The minimum Gasteiger partial charge on any atom is -0.377 e. The smallest absolute Gasteiger partial charge is 0.0647 e. The van der Waals surface area contributed by atoms with Gasteiger partial charge in [-0.2, -0.15) is 0 Å². The van der Waals surface area contributed by atoms with E-state index in [2.05, 4.69) is 73.3 Å². The molecular weight excluding hydrogens is 276 g/mol. The molecule has 2 aromatic rings. The molecule has 0 saturated carbocycles. The number of allylic oxidation sites excluding steroid dienone is 1. The lowest BCUT2D eigenvalue weighted by Gasteiger charge is -2.39. The first-order valence-corrected chi connectivity index (χ1v) is 8.29. The van der Waals surface area contributed by atoms with Crippen molar-refractivity contribution in [2.45, 2.75) is 39.3 Å². The third kappa shape index (κ3) is 2.70. The minimum atomic E-state index is 0.383. The average Bonchev–Trinajstić information content (AvgIpc) is 2.90. The molecule has 110 valence electrons. The van der Waals surface area contributed by atoms with Crippen LogP contribution in [-0.4, -0.2) is 6.04 Å². The fourth-order valence-electron chi connectivity index (χ4n) is 3.12. The molecule has 1 aromatic carbocycles. The predicted octanol–water partition coefficient (Wildman–Crippen LogP) is 5.34. The fraction of sp³-hybridized carbons (Fsp3) is 0.333. The molecule has 2 nitrogen and oxygen atoms in total. The Balaban J connectivity index is 1.89. The normalized spacial score (nSPS) is 21.0. The number of rotatable bonds is 3. The van der Waals surface area contributed by atoms with Crippen LogP contribution in [0.2, 0.25) is 0 Å². The Hall–Kier alpha value is -1.74. The summed E-state index contributed by atoms with van der Waals surface area (Å²) in [5, 5.41) is 5.88. The van der Waals surface area contributed by atoms with Crippen LogP contribution < -0.4 is 10.2 Å². The lowest BCUT2D eigenvalue weighted by Crippen LogP contribution is -2.38. The van der Waals surface area contributed by atoms with Crippen molar-refractivity contribution < 1.29 is 0 Å². The Morgan fingerprint density at radius 1 is 1.29 bits per heavy atom. The number of anilines is 2. The van der Waals surface area contributed by atoms with Gasteiger partial charge in [0.2, 0.25) is 0 Å². The minimum absolute atomic E-state index is 0.383. The summed E-state index contributed by atoms with van der Waals surface area (Å²) in [5.74, 6) is 0. The number of hydrogen-bond acceptors (Lipinski definition) is 3. The average molecular weight is 298 g/mol. The monoisotopic (exact) mass is 298 g/mol. The Morgan fingerprint density at radius 2 is 2.00 bits per heavy atom. The molecule has 0 bridgehead atoms. The van der Waals surface area contributed by atoms with Crippen LogP contribution in [0.1, 0.15) is 36.8 Å². The number of thiophene rings is 1. The first-order chi connectivity index (χ1) is 10.1. The van der Waals surface area contributed by atoms with Crippen molar-refractivity contribution >= 4 is 22.7 Å². The van der Waals surface area contributed by atoms with Crippen LogP contribution in [-0.2, 0) is 0 Å². The molecule has 21 heavy (non-hydrogen) atoms. The van der Waals surface area contributed by atoms with Gasteiger partial charge in [0, 0.05) is 17.4 Å². The van der Waals surface area contributed by atoms with E-state index in [0.717, 1.165) is 12.1 Å². The van der Waals surface area contributed by atoms with Crippen LogP contribution in [0.5, 0.6) is 0 Å². The molecular formula is C18H22N2S. The van der Waals surface area contributed by atoms with Gasteiger partial charge in [-0.15, -0.1) is 11.3 Å². The maximum atomic E-state index is 4.14. The van der Waals surface area contributed by atoms with Crippen molar-refractivity contribution in [3.8, 4) is 0 Å². The van der Waals surface area contributed by atoms with E-state index in [4.69, 9.17) is 0 Å². The predicted molar refractivity (Wildman–Crippen MR) is 93.2 cm³/mol. The lowest BCUT2D eigenvalue weighted by atomic mass is 9.97. The van der Waals surface area contributed by atoms with Crippen molar-refractivity contribution in [2.24, 2.45) is 0 Å². The van der Waals surface area contributed by atoms with E-state index < -0.39 is 0 Å². The van der Waals surface area contributed by atoms with E-state index in [1.165, 1.54) is 21.8 Å². The van der Waals surface area contributed by atoms with Gasteiger partial charge in [0.05, 0.1) is 16.6 Å². The van der Waals surface area contributed by atoms with Crippen LogP contribution in [0.3, 0.4) is 0 Å². The van der Waals surface area contributed by atoms with Gasteiger partial charge in [-0.3, -0.25) is 0 Å². The SMILES string of the molecule is C=C(C)N1c2ccsc2C(Nc2ccc(C)cc2)CC1C. The van der Waals surface area contributed by atoms with E-state index in [1.54, 1.807) is 0 Å². The van der Waals surface area contributed by atoms with E-state index in [1.807, 2.05) is 11.3 Å². The molecule has 1 aliphatic rings. The van der Waals surface area contributed by atoms with Gasteiger partial charge >= 0.3 is 0 Å². The molecule has 0 amide bonds. The maximum Gasteiger partial charge on any atom is 0.0647 e. The van der Waals surface area contributed by atoms with Gasteiger partial charge < -0.3 is 10.2 Å². The van der Waals surface area contributed by atoms with Crippen LogP contribution in [0.15, 0.2) is 48.0 Å². The number of aryl methyl sites for hydroxylation is 1. The fourth-order valence-corrected chi connectivity index (χ4v) is 4.07. The zero-order chi connectivity index (χ0) is 15.0. The summed E-state index contributed by atoms with van der Waals surface area (Å²) in [7, 11) is 0. The third-order valence-corrected chi connectivity index (χ3v) is 5.09. The Kier molecular flexibility index (Phi) is 3.77. The molecule has 0 fully saturated rings. The molecule has 0 radical (unpaired) electrons. The van der Waals surface area contributed by atoms with Crippen molar-refractivity contribution in [1.82, 2.24) is 0 Å². The number of fused-ring (bicyclic) bond motifs is 1. The highest BCUT2D eigenvalue weighted by Gasteiger charge is 2.31. The summed E-state index contributed by atoms with van der Waals surface area (Å²) in [6.07, 6.45) is 1.09. The largest absolute Gasteiger partial charge is 0.377 e. The summed E-state index contributed by atoms with van der Waals surface area (Å²) in [4.78, 5) is 3.77. The summed E-state index contributed by atoms with van der Waals surface area (Å²) in [6.45, 7) is 10.6. The van der Waals surface area contributed by atoms with Gasteiger partial charge in [0.25, 0.3) is 0 Å². The van der Waals surface area contributed by atoms with Gasteiger partial charge in [-0.1, -0.05) is 24.3 Å². The highest BCUT2D eigenvalue weighted by molar-refractivity contribution is 7.10. The lowest BCUT2D eigenvalue weighted by molar-refractivity contribution is 0.550. The molecule has 0 saturated heterocycles. The zero-order valence-electron chi connectivity index (χ0n) is 12.9. The Bertz CT molecular complexity index is 641. The Labute approximate surface area is 131 Å². The van der Waals surface area contributed by atoms with Crippen molar-refractivity contribution in [3.05, 3.63) is 58.4 Å². The summed E-state index contributed by atoms with van der Waals surface area (Å²) in [6, 6.07) is 11.7. The molecule has 3 rings (SSSR count). The molecule has 3 heteroatoms. The van der Waals surface area contributed by atoms with Crippen LogP contribution >= 0.6 is 11.3 Å². The zero-order valence-corrected chi connectivity index (χ0v) is 13.7. The summed E-state index contributed by atoms with van der Waals surface area (Å²) in [5.41, 5.74) is 4.93. The van der Waals surface area contributed by atoms with E-state index in [0.29, 0.717) is 12.1 Å². The highest BCUT2D eigenvalue weighted by Crippen LogP contribution is 2.43. The van der Waals surface area contributed by atoms with Gasteiger partial charge in [-0.25, -0.2) is 0 Å². The number of benzene rings is 1. The van der Waals surface area contributed by atoms with Gasteiger partial charge in [0.1, 0.15) is 0 Å². The molecule has 0 spiro atoms. The third-order valence-electron chi connectivity index (χ3n) is 4.07. The van der Waals surface area contributed by atoms with Crippen molar-refractivity contribution in [2.75, 3.05) is 10.2 Å². The topological polar surface area (TPSA) is 15.3 Å². The summed E-state index contributed by atoms with van der Waals surface area (Å²) < 4.78 is 0. The van der Waals surface area contributed by atoms with Crippen LogP contribution in [0.25, 0.3) is 0 Å². The number of hydrogen-bond donors (Lipinski definition) is 1. The number of nitrogens with zero attached hydrogens (tertiary/aromatic N) is 1. The first-order valence-electron chi connectivity index (χ1n) is 7.41. The van der Waals surface area contributed by atoms with Crippen LogP contribution in [0, 0.1) is 6.92 Å². The first kappa shape index (κ1) is 14.2. The van der Waals surface area contributed by atoms with Gasteiger partial charge in [-0.05, 0) is 50.8 Å². The highest BCUT2D eigenvalue weighted by atomic mass is 32.1. The van der Waals surface area contributed by atoms with Crippen LogP contribution in [0.4, 0.5) is 11.4 Å². The number of nitrogens with one attached hydrogen (secondary N) is 1. The molecule has 0 aliphatic carbocycles.